The summed E-state index contributed by atoms with van der Waals surface area (Å²) in [5, 5.41) is 27.2. The molecule has 3 N–H and O–H groups in total. The van der Waals surface area contributed by atoms with Crippen molar-refractivity contribution in [1.29, 1.82) is 0 Å². The van der Waals surface area contributed by atoms with Crippen molar-refractivity contribution >= 4 is 11.7 Å². The third-order valence-corrected chi connectivity index (χ3v) is 11.3. The number of nitrogens with zero attached hydrogens (tertiary/aromatic N) is 2. The second-order valence-corrected chi connectivity index (χ2v) is 15.0. The van der Waals surface area contributed by atoms with Crippen molar-refractivity contribution in [2.75, 3.05) is 19.5 Å². The Hall–Kier alpha value is -4.51. The van der Waals surface area contributed by atoms with Crippen molar-refractivity contribution in [3.63, 3.8) is 0 Å². The van der Waals surface area contributed by atoms with Gasteiger partial charge >= 0.3 is 5.69 Å². The van der Waals surface area contributed by atoms with Crippen molar-refractivity contribution in [2.24, 2.45) is 5.92 Å². The highest BCUT2D eigenvalue weighted by atomic mass is 16.5. The van der Waals surface area contributed by atoms with Crippen molar-refractivity contribution in [1.82, 2.24) is 9.55 Å². The van der Waals surface area contributed by atoms with Crippen molar-refractivity contribution in [3.8, 4) is 11.5 Å². The third kappa shape index (κ3) is 10.3. The van der Waals surface area contributed by atoms with Gasteiger partial charge < -0.3 is 29.7 Å². The van der Waals surface area contributed by atoms with Crippen LogP contribution in [0.4, 0.5) is 5.82 Å². The fourth-order valence-electron chi connectivity index (χ4n) is 8.12. The number of carbonyl (C=O) groups is 1. The van der Waals surface area contributed by atoms with Crippen LogP contribution in [0.15, 0.2) is 95.9 Å². The summed E-state index contributed by atoms with van der Waals surface area (Å²) >= 11 is 0. The molecule has 5 rings (SSSR count). The van der Waals surface area contributed by atoms with E-state index in [1.165, 1.54) is 30.3 Å². The van der Waals surface area contributed by atoms with Crippen LogP contribution >= 0.6 is 0 Å². The van der Waals surface area contributed by atoms with Crippen molar-refractivity contribution < 1.29 is 29.2 Å². The van der Waals surface area contributed by atoms with Crippen LogP contribution in [-0.4, -0.2) is 58.2 Å². The molecule has 1 fully saturated rings. The molecule has 1 saturated heterocycles. The number of aromatic nitrogens is 2. The van der Waals surface area contributed by atoms with Crippen LogP contribution in [0.2, 0.25) is 0 Å². The molecule has 0 spiro atoms. The Kier molecular flexibility index (Phi) is 16.1. The number of carbonyl (C=O) groups excluding carboxylic acids is 1. The first kappa shape index (κ1) is 42.6. The zero-order chi connectivity index (χ0) is 39.9. The number of unbranched alkanes of at least 4 members (excludes halogenated alkanes) is 8. The predicted molar refractivity (Wildman–Crippen MR) is 220 cm³/mol. The SMILES string of the molecule is CCCCCCCCC(CCCCCC)C(=O)Nc1ccn([C@H]2C[C@H](O)[C@@H](C(O)C(c3ccccc3)(c3ccc(OC)cc3)c3ccc(OC)cc3)O2)c(=O)n1. The lowest BCUT2D eigenvalue weighted by Gasteiger charge is -2.43. The van der Waals surface area contributed by atoms with E-state index in [-0.39, 0.29) is 24.1 Å². The molecule has 0 bridgehead atoms. The molecule has 5 atom stereocenters. The number of methoxy groups -OCH3 is 2. The van der Waals surface area contributed by atoms with Gasteiger partial charge in [0.15, 0.2) is 0 Å². The van der Waals surface area contributed by atoms with E-state index in [1.54, 1.807) is 26.5 Å². The minimum Gasteiger partial charge on any atom is -0.497 e. The first-order chi connectivity index (χ1) is 27.3. The molecule has 10 nitrogen and oxygen atoms in total. The maximum Gasteiger partial charge on any atom is 0.351 e. The molecule has 1 aromatic heterocycles. The molecule has 2 heterocycles. The van der Waals surface area contributed by atoms with E-state index >= 15 is 0 Å². The Labute approximate surface area is 332 Å². The highest BCUT2D eigenvalue weighted by Gasteiger charge is 2.52. The first-order valence-corrected chi connectivity index (χ1v) is 20.5. The van der Waals surface area contributed by atoms with Crippen LogP contribution in [0, 0.1) is 5.92 Å². The molecule has 1 aliphatic heterocycles. The normalized spacial score (nSPS) is 18.0. The predicted octanol–water partition coefficient (Wildman–Crippen LogP) is 8.58. The number of nitrogens with one attached hydrogen (secondary N) is 1. The lowest BCUT2D eigenvalue weighted by Crippen LogP contribution is -2.51. The van der Waals surface area contributed by atoms with Crippen LogP contribution < -0.4 is 20.5 Å². The average molecular weight is 768 g/mol. The Morgan fingerprint density at radius 3 is 1.86 bits per heavy atom. The second kappa shape index (κ2) is 21.1. The lowest BCUT2D eigenvalue weighted by molar-refractivity contribution is -0.120. The molecule has 0 aliphatic carbocycles. The van der Waals surface area contributed by atoms with Gasteiger partial charge in [-0.25, -0.2) is 4.79 Å². The number of aliphatic hydroxyl groups excluding tert-OH is 2. The zero-order valence-corrected chi connectivity index (χ0v) is 33.6. The zero-order valence-electron chi connectivity index (χ0n) is 33.6. The molecular weight excluding hydrogens is 707 g/mol. The summed E-state index contributed by atoms with van der Waals surface area (Å²) in [5.41, 5.74) is 0.438. The number of benzene rings is 3. The fraction of sp³-hybridized carbons (Fsp3) is 0.500. The van der Waals surface area contributed by atoms with Crippen LogP contribution in [0.3, 0.4) is 0 Å². The number of anilines is 1. The van der Waals surface area contributed by atoms with Gasteiger partial charge in [-0.1, -0.05) is 133 Å². The maximum absolute atomic E-state index is 13.5. The number of hydrogen-bond acceptors (Lipinski definition) is 8. The second-order valence-electron chi connectivity index (χ2n) is 15.0. The minimum atomic E-state index is -1.32. The number of amides is 1. The van der Waals surface area contributed by atoms with Crippen LogP contribution in [-0.2, 0) is 14.9 Å². The highest BCUT2D eigenvalue weighted by molar-refractivity contribution is 5.91. The Balaban J connectivity index is 1.38. The summed E-state index contributed by atoms with van der Waals surface area (Å²) in [4.78, 5) is 31.3. The number of aliphatic hydroxyl groups is 2. The summed E-state index contributed by atoms with van der Waals surface area (Å²) < 4.78 is 18.7. The van der Waals surface area contributed by atoms with Gasteiger partial charge in [0, 0.05) is 18.5 Å². The standard InChI is InChI=1S/C46H61N3O7/c1-5-7-9-11-12-15-19-33(18-14-10-8-6-2)44(52)47-40-30-31-49(45(53)48-40)41-32-39(50)42(56-41)43(51)46(34-20-16-13-17-21-34,35-22-26-37(54-3)27-23-35)36-24-28-38(55-4)29-25-36/h13,16-17,20-31,33,39,41-43,50-51H,5-12,14-15,18-19,32H2,1-4H3,(H,47,48,52,53)/t33?,39-,41+,42-,43?/m0/s1. The summed E-state index contributed by atoms with van der Waals surface area (Å²) in [7, 11) is 3.20. The molecule has 2 unspecified atom stereocenters. The topological polar surface area (TPSA) is 132 Å². The summed E-state index contributed by atoms with van der Waals surface area (Å²) in [5.74, 6) is 1.26. The van der Waals surface area contributed by atoms with Crippen LogP contribution in [0.25, 0.3) is 0 Å². The number of hydrogen-bond donors (Lipinski definition) is 3. The molecule has 302 valence electrons. The Bertz CT molecular complexity index is 1780. The fourth-order valence-corrected chi connectivity index (χ4v) is 8.12. The summed E-state index contributed by atoms with van der Waals surface area (Å²) in [6, 6.07) is 26.2. The molecule has 4 aromatic rings. The van der Waals surface area contributed by atoms with E-state index in [0.29, 0.717) is 11.5 Å². The van der Waals surface area contributed by atoms with Gasteiger partial charge in [-0.05, 0) is 59.9 Å². The molecule has 10 heteroatoms. The van der Waals surface area contributed by atoms with Gasteiger partial charge in [-0.2, -0.15) is 4.98 Å². The molecule has 3 aromatic carbocycles. The molecule has 1 amide bonds. The van der Waals surface area contributed by atoms with Gasteiger partial charge in [-0.15, -0.1) is 0 Å². The van der Waals surface area contributed by atoms with E-state index in [9.17, 15) is 19.8 Å². The minimum absolute atomic E-state index is 0.0448. The van der Waals surface area contributed by atoms with E-state index in [4.69, 9.17) is 14.2 Å². The maximum atomic E-state index is 13.5. The summed E-state index contributed by atoms with van der Waals surface area (Å²) in [6.45, 7) is 4.39. The van der Waals surface area contributed by atoms with Gasteiger partial charge in [0.1, 0.15) is 35.8 Å². The monoisotopic (exact) mass is 767 g/mol. The Morgan fingerprint density at radius 1 is 0.804 bits per heavy atom. The van der Waals surface area contributed by atoms with Gasteiger partial charge in [0.2, 0.25) is 5.91 Å². The van der Waals surface area contributed by atoms with Crippen LogP contribution in [0.5, 0.6) is 11.5 Å². The van der Waals surface area contributed by atoms with E-state index in [1.807, 2.05) is 78.9 Å². The average Bonchev–Trinajstić information content (AvgIpc) is 3.61. The Morgan fingerprint density at radius 2 is 1.32 bits per heavy atom. The molecule has 0 radical (unpaired) electrons. The third-order valence-electron chi connectivity index (χ3n) is 11.3. The molecule has 56 heavy (non-hydrogen) atoms. The van der Waals surface area contributed by atoms with Gasteiger partial charge in [0.25, 0.3) is 0 Å². The van der Waals surface area contributed by atoms with E-state index in [0.717, 1.165) is 68.1 Å². The van der Waals surface area contributed by atoms with Crippen LogP contribution in [0.1, 0.15) is 120 Å². The molecular formula is C46H61N3O7. The number of rotatable bonds is 22. The van der Waals surface area contributed by atoms with Gasteiger partial charge in [0.05, 0.1) is 25.7 Å². The molecule has 1 aliphatic rings. The highest BCUT2D eigenvalue weighted by Crippen LogP contribution is 2.47. The quantitative estimate of drug-likeness (QED) is 0.0536. The van der Waals surface area contributed by atoms with Crippen molar-refractivity contribution in [3.05, 3.63) is 118 Å². The van der Waals surface area contributed by atoms with E-state index < -0.39 is 35.6 Å². The number of ether oxygens (including phenoxy) is 3. The van der Waals surface area contributed by atoms with Crippen molar-refractivity contribution in [2.45, 2.75) is 127 Å². The van der Waals surface area contributed by atoms with Gasteiger partial charge in [-0.3, -0.25) is 9.36 Å². The largest absolute Gasteiger partial charge is 0.497 e. The van der Waals surface area contributed by atoms with E-state index in [2.05, 4.69) is 24.1 Å². The summed E-state index contributed by atoms with van der Waals surface area (Å²) in [6.07, 6.45) is 10.1. The first-order valence-electron chi connectivity index (χ1n) is 20.5. The molecule has 0 saturated carbocycles. The smallest absolute Gasteiger partial charge is 0.351 e. The lowest BCUT2D eigenvalue weighted by atomic mass is 9.64.